The third-order valence-corrected chi connectivity index (χ3v) is 4.79. The summed E-state index contributed by atoms with van der Waals surface area (Å²) in [5.74, 6) is -0.786. The van der Waals surface area contributed by atoms with Gasteiger partial charge in [-0.1, -0.05) is 29.8 Å². The van der Waals surface area contributed by atoms with E-state index in [-0.39, 0.29) is 23.9 Å². The molecule has 7 nitrogen and oxygen atoms in total. The van der Waals surface area contributed by atoms with Crippen LogP contribution in [0.4, 0.5) is 5.69 Å². The van der Waals surface area contributed by atoms with Crippen molar-refractivity contribution in [3.8, 4) is 0 Å². The standard InChI is InChI=1S/C21H24N4O3/c1-15-6-8-16(9-7-15)21(28)25-12-10-24(11-13-25)14-19(26)23-18-5-3-2-4-17(18)20(22)27/h2-9H,10-14H2,1H3,(H2,22,27)(H,23,26). The highest BCUT2D eigenvalue weighted by atomic mass is 16.2. The number of para-hydroxylation sites is 1. The molecule has 0 aromatic heterocycles. The first-order chi connectivity index (χ1) is 13.4. The predicted molar refractivity (Wildman–Crippen MR) is 107 cm³/mol. The molecule has 0 aliphatic carbocycles. The number of amides is 3. The molecular formula is C21H24N4O3. The zero-order chi connectivity index (χ0) is 20.1. The lowest BCUT2D eigenvalue weighted by Crippen LogP contribution is -2.50. The van der Waals surface area contributed by atoms with Gasteiger partial charge in [0.2, 0.25) is 5.91 Å². The van der Waals surface area contributed by atoms with E-state index in [1.165, 1.54) is 0 Å². The van der Waals surface area contributed by atoms with Gasteiger partial charge in [0.05, 0.1) is 17.8 Å². The molecule has 3 amide bonds. The molecule has 0 spiro atoms. The quantitative estimate of drug-likeness (QED) is 0.821. The second-order valence-corrected chi connectivity index (χ2v) is 6.89. The highest BCUT2D eigenvalue weighted by Gasteiger charge is 2.23. The molecule has 3 rings (SSSR count). The maximum Gasteiger partial charge on any atom is 0.253 e. The van der Waals surface area contributed by atoms with Gasteiger partial charge in [-0.05, 0) is 31.2 Å². The number of aryl methyl sites for hydroxylation is 1. The summed E-state index contributed by atoms with van der Waals surface area (Å²) in [6, 6.07) is 14.2. The van der Waals surface area contributed by atoms with Crippen molar-refractivity contribution in [3.05, 3.63) is 65.2 Å². The Kier molecular flexibility index (Phi) is 6.06. The second kappa shape index (κ2) is 8.67. The average molecular weight is 380 g/mol. The molecule has 1 heterocycles. The van der Waals surface area contributed by atoms with Crippen molar-refractivity contribution in [3.63, 3.8) is 0 Å². The Hall–Kier alpha value is -3.19. The lowest BCUT2D eigenvalue weighted by atomic mass is 10.1. The summed E-state index contributed by atoms with van der Waals surface area (Å²) in [6.45, 7) is 4.54. The van der Waals surface area contributed by atoms with Gasteiger partial charge in [-0.25, -0.2) is 0 Å². The number of carbonyl (C=O) groups is 3. The van der Waals surface area contributed by atoms with E-state index in [4.69, 9.17) is 5.73 Å². The van der Waals surface area contributed by atoms with Crippen LogP contribution in [-0.2, 0) is 4.79 Å². The number of nitrogens with one attached hydrogen (secondary N) is 1. The largest absolute Gasteiger partial charge is 0.366 e. The molecule has 0 atom stereocenters. The third kappa shape index (κ3) is 4.75. The van der Waals surface area contributed by atoms with Crippen molar-refractivity contribution in [2.75, 3.05) is 38.0 Å². The van der Waals surface area contributed by atoms with Crippen molar-refractivity contribution in [2.24, 2.45) is 5.73 Å². The third-order valence-electron chi connectivity index (χ3n) is 4.79. The Labute approximate surface area is 164 Å². The van der Waals surface area contributed by atoms with Crippen molar-refractivity contribution in [1.82, 2.24) is 9.80 Å². The molecule has 2 aromatic rings. The summed E-state index contributed by atoms with van der Waals surface area (Å²) >= 11 is 0. The van der Waals surface area contributed by atoms with Crippen LogP contribution >= 0.6 is 0 Å². The Morgan fingerprint density at radius 2 is 1.61 bits per heavy atom. The summed E-state index contributed by atoms with van der Waals surface area (Å²) in [4.78, 5) is 40.2. The number of anilines is 1. The normalized spacial score (nSPS) is 14.5. The van der Waals surface area contributed by atoms with Gasteiger partial charge in [0.15, 0.2) is 0 Å². The fraction of sp³-hybridized carbons (Fsp3) is 0.286. The molecule has 7 heteroatoms. The minimum absolute atomic E-state index is 0.0134. The topological polar surface area (TPSA) is 95.7 Å². The van der Waals surface area contributed by atoms with Gasteiger partial charge in [-0.2, -0.15) is 0 Å². The Morgan fingerprint density at radius 1 is 0.964 bits per heavy atom. The molecule has 0 bridgehead atoms. The van der Waals surface area contributed by atoms with Crippen LogP contribution in [0.25, 0.3) is 0 Å². The highest BCUT2D eigenvalue weighted by Crippen LogP contribution is 2.15. The van der Waals surface area contributed by atoms with Crippen LogP contribution < -0.4 is 11.1 Å². The van der Waals surface area contributed by atoms with E-state index < -0.39 is 5.91 Å². The Balaban J connectivity index is 1.51. The van der Waals surface area contributed by atoms with E-state index in [1.807, 2.05) is 41.0 Å². The Morgan fingerprint density at radius 3 is 2.25 bits per heavy atom. The van der Waals surface area contributed by atoms with Gasteiger partial charge in [-0.3, -0.25) is 19.3 Å². The van der Waals surface area contributed by atoms with Gasteiger partial charge >= 0.3 is 0 Å². The van der Waals surface area contributed by atoms with Crippen LogP contribution in [0.2, 0.25) is 0 Å². The highest BCUT2D eigenvalue weighted by molar-refractivity contribution is 6.03. The lowest BCUT2D eigenvalue weighted by Gasteiger charge is -2.34. The van der Waals surface area contributed by atoms with Crippen LogP contribution in [0.5, 0.6) is 0 Å². The summed E-state index contributed by atoms with van der Waals surface area (Å²) in [5.41, 5.74) is 7.82. The van der Waals surface area contributed by atoms with Crippen LogP contribution in [0, 0.1) is 6.92 Å². The van der Waals surface area contributed by atoms with E-state index in [1.54, 1.807) is 24.3 Å². The summed E-state index contributed by atoms with van der Waals surface area (Å²) in [6.07, 6.45) is 0. The van der Waals surface area contributed by atoms with E-state index in [0.29, 0.717) is 37.4 Å². The number of piperazine rings is 1. The van der Waals surface area contributed by atoms with Crippen molar-refractivity contribution in [2.45, 2.75) is 6.92 Å². The zero-order valence-corrected chi connectivity index (χ0v) is 15.9. The average Bonchev–Trinajstić information content (AvgIpc) is 2.69. The molecule has 1 aliphatic heterocycles. The molecular weight excluding hydrogens is 356 g/mol. The molecule has 1 aliphatic rings. The molecule has 1 saturated heterocycles. The number of rotatable bonds is 5. The number of nitrogens with zero attached hydrogens (tertiary/aromatic N) is 2. The predicted octanol–water partition coefficient (Wildman–Crippen LogP) is 1.49. The van der Waals surface area contributed by atoms with E-state index in [9.17, 15) is 14.4 Å². The fourth-order valence-corrected chi connectivity index (χ4v) is 3.19. The number of carbonyl (C=O) groups excluding carboxylic acids is 3. The first-order valence-corrected chi connectivity index (χ1v) is 9.21. The second-order valence-electron chi connectivity index (χ2n) is 6.89. The fourth-order valence-electron chi connectivity index (χ4n) is 3.19. The van der Waals surface area contributed by atoms with Crippen LogP contribution in [0.3, 0.4) is 0 Å². The molecule has 0 saturated carbocycles. The SMILES string of the molecule is Cc1ccc(C(=O)N2CCN(CC(=O)Nc3ccccc3C(N)=O)CC2)cc1. The molecule has 0 radical (unpaired) electrons. The Bertz CT molecular complexity index is 871. The maximum absolute atomic E-state index is 12.6. The van der Waals surface area contributed by atoms with Gasteiger partial charge in [-0.15, -0.1) is 0 Å². The van der Waals surface area contributed by atoms with Gasteiger partial charge in [0.1, 0.15) is 0 Å². The van der Waals surface area contributed by atoms with Crippen LogP contribution in [0.1, 0.15) is 26.3 Å². The summed E-state index contributed by atoms with van der Waals surface area (Å²) < 4.78 is 0. The van der Waals surface area contributed by atoms with Crippen LogP contribution in [-0.4, -0.2) is 60.2 Å². The lowest BCUT2D eigenvalue weighted by molar-refractivity contribution is -0.117. The molecule has 2 aromatic carbocycles. The number of hydrogen-bond donors (Lipinski definition) is 2. The van der Waals surface area contributed by atoms with Gasteiger partial charge < -0.3 is 16.0 Å². The minimum Gasteiger partial charge on any atom is -0.366 e. The monoisotopic (exact) mass is 380 g/mol. The summed E-state index contributed by atoms with van der Waals surface area (Å²) in [7, 11) is 0. The number of nitrogens with two attached hydrogens (primary N) is 1. The van der Waals surface area contributed by atoms with Crippen molar-refractivity contribution < 1.29 is 14.4 Å². The first kappa shape index (κ1) is 19.6. The number of hydrogen-bond acceptors (Lipinski definition) is 4. The molecule has 0 unspecified atom stereocenters. The summed E-state index contributed by atoms with van der Waals surface area (Å²) in [5, 5.41) is 2.74. The van der Waals surface area contributed by atoms with Crippen LogP contribution in [0.15, 0.2) is 48.5 Å². The van der Waals surface area contributed by atoms with E-state index >= 15 is 0 Å². The minimum atomic E-state index is -0.584. The van der Waals surface area contributed by atoms with E-state index in [0.717, 1.165) is 5.56 Å². The van der Waals surface area contributed by atoms with E-state index in [2.05, 4.69) is 5.32 Å². The van der Waals surface area contributed by atoms with Crippen molar-refractivity contribution in [1.29, 1.82) is 0 Å². The zero-order valence-electron chi connectivity index (χ0n) is 15.9. The number of benzene rings is 2. The van der Waals surface area contributed by atoms with Crippen molar-refractivity contribution >= 4 is 23.4 Å². The smallest absolute Gasteiger partial charge is 0.253 e. The molecule has 146 valence electrons. The maximum atomic E-state index is 12.6. The van der Waals surface area contributed by atoms with Gasteiger partial charge in [0.25, 0.3) is 11.8 Å². The molecule has 28 heavy (non-hydrogen) atoms. The molecule has 1 fully saturated rings. The first-order valence-electron chi connectivity index (χ1n) is 9.21. The molecule has 3 N–H and O–H groups in total. The van der Waals surface area contributed by atoms with Gasteiger partial charge in [0, 0.05) is 31.7 Å². The number of primary amides is 1.